The summed E-state index contributed by atoms with van der Waals surface area (Å²) in [5, 5.41) is 8.08. The number of alkyl halides is 1. The summed E-state index contributed by atoms with van der Waals surface area (Å²) < 4.78 is 30.0. The minimum absolute atomic E-state index is 0.157. The first-order valence-corrected chi connectivity index (χ1v) is 6.90. The van der Waals surface area contributed by atoms with Crippen LogP contribution in [0, 0.1) is 5.82 Å². The monoisotopic (exact) mass is 303 g/mol. The molecule has 0 saturated heterocycles. The molecule has 0 fully saturated rings. The van der Waals surface area contributed by atoms with Gasteiger partial charge in [-0.05, 0) is 12.5 Å². The molecular formula is C15H15F2N5. The number of hydrogen-bond donors (Lipinski definition) is 0. The van der Waals surface area contributed by atoms with E-state index < -0.39 is 12.0 Å². The Balaban J connectivity index is 2.02. The van der Waals surface area contributed by atoms with E-state index in [4.69, 9.17) is 0 Å². The van der Waals surface area contributed by atoms with Crippen molar-refractivity contribution in [2.75, 3.05) is 0 Å². The second kappa shape index (κ2) is 5.67. The smallest absolute Gasteiger partial charge is 0.239 e. The number of halogens is 2. The number of aromatic nitrogens is 5. The number of nitrogens with zero attached hydrogens (tertiary/aromatic N) is 5. The van der Waals surface area contributed by atoms with E-state index in [1.54, 1.807) is 6.08 Å². The van der Waals surface area contributed by atoms with Crippen molar-refractivity contribution in [2.24, 2.45) is 0 Å². The molecule has 1 aliphatic heterocycles. The summed E-state index contributed by atoms with van der Waals surface area (Å²) in [4.78, 5) is 4.14. The maximum Gasteiger partial charge on any atom is 0.269 e. The molecule has 0 bridgehead atoms. The molecule has 0 aliphatic carbocycles. The van der Waals surface area contributed by atoms with Gasteiger partial charge in [0.1, 0.15) is 0 Å². The van der Waals surface area contributed by atoms with Crippen LogP contribution in [-0.2, 0) is 0 Å². The zero-order valence-electron chi connectivity index (χ0n) is 12.0. The molecule has 22 heavy (non-hydrogen) atoms. The van der Waals surface area contributed by atoms with Crippen LogP contribution in [-0.4, -0.2) is 24.5 Å². The van der Waals surface area contributed by atoms with Gasteiger partial charge < -0.3 is 0 Å². The molecule has 114 valence electrons. The fourth-order valence-corrected chi connectivity index (χ4v) is 2.56. The van der Waals surface area contributed by atoms with Crippen LogP contribution in [0.4, 0.5) is 8.78 Å². The number of allylic oxidation sites excluding steroid dienone is 5. The molecule has 0 N–H and O–H groups in total. The lowest BCUT2D eigenvalue weighted by atomic mass is 10.0. The van der Waals surface area contributed by atoms with Crippen molar-refractivity contribution < 1.29 is 8.78 Å². The molecule has 0 amide bonds. The quantitative estimate of drug-likeness (QED) is 0.815. The molecule has 7 heteroatoms. The molecule has 1 aliphatic rings. The highest BCUT2D eigenvalue weighted by Crippen LogP contribution is 2.40. The van der Waals surface area contributed by atoms with Crippen LogP contribution >= 0.6 is 0 Å². The fraction of sp³-hybridized carbons (Fsp3) is 0.267. The van der Waals surface area contributed by atoms with Gasteiger partial charge in [0.15, 0.2) is 17.8 Å². The highest BCUT2D eigenvalue weighted by molar-refractivity contribution is 5.30. The van der Waals surface area contributed by atoms with Crippen molar-refractivity contribution >= 4 is 0 Å². The van der Waals surface area contributed by atoms with Crippen molar-refractivity contribution in [2.45, 2.75) is 25.6 Å². The van der Waals surface area contributed by atoms with E-state index in [1.165, 1.54) is 9.36 Å². The van der Waals surface area contributed by atoms with Crippen molar-refractivity contribution in [3.8, 4) is 5.95 Å². The molecule has 2 aromatic heterocycles. The maximum absolute atomic E-state index is 14.2. The van der Waals surface area contributed by atoms with E-state index in [-0.39, 0.29) is 24.2 Å². The van der Waals surface area contributed by atoms with Crippen molar-refractivity contribution in [3.05, 3.63) is 60.5 Å². The summed E-state index contributed by atoms with van der Waals surface area (Å²) in [6.07, 6.45) is 8.50. The Hall–Kier alpha value is -2.57. The third-order valence-corrected chi connectivity index (χ3v) is 3.46. The molecule has 0 aromatic carbocycles. The van der Waals surface area contributed by atoms with Crippen molar-refractivity contribution in [1.29, 1.82) is 0 Å². The van der Waals surface area contributed by atoms with Crippen LogP contribution in [0.25, 0.3) is 5.95 Å². The van der Waals surface area contributed by atoms with Gasteiger partial charge in [-0.2, -0.15) is 10.1 Å². The van der Waals surface area contributed by atoms with Crippen molar-refractivity contribution in [1.82, 2.24) is 24.5 Å². The van der Waals surface area contributed by atoms with Crippen molar-refractivity contribution in [3.63, 3.8) is 0 Å². The highest BCUT2D eigenvalue weighted by atomic mass is 19.1. The normalized spacial score (nSPS) is 21.5. The molecule has 3 rings (SSSR count). The Labute approximate surface area is 126 Å². The number of fused-ring (bicyclic) bond motifs is 1. The first kappa shape index (κ1) is 14.4. The first-order valence-electron chi connectivity index (χ1n) is 6.90. The molecule has 2 atom stereocenters. The van der Waals surface area contributed by atoms with Gasteiger partial charge in [-0.1, -0.05) is 30.9 Å². The zero-order chi connectivity index (χ0) is 15.7. The molecule has 3 heterocycles. The largest absolute Gasteiger partial charge is 0.269 e. The summed E-state index contributed by atoms with van der Waals surface area (Å²) >= 11 is 0. The van der Waals surface area contributed by atoms with E-state index >= 15 is 0 Å². The Morgan fingerprint density at radius 3 is 2.95 bits per heavy atom. The van der Waals surface area contributed by atoms with E-state index in [2.05, 4.69) is 21.8 Å². The summed E-state index contributed by atoms with van der Waals surface area (Å²) in [5.74, 6) is -0.107. The molecule has 0 spiro atoms. The average Bonchev–Trinajstić information content (AvgIpc) is 3.16. The Kier molecular flexibility index (Phi) is 3.70. The van der Waals surface area contributed by atoms with Crippen LogP contribution < -0.4 is 0 Å². The number of hydrogen-bond acceptors (Lipinski definition) is 3. The molecule has 2 aromatic rings. The minimum Gasteiger partial charge on any atom is -0.239 e. The third kappa shape index (κ3) is 2.38. The van der Waals surface area contributed by atoms with E-state index in [0.717, 1.165) is 18.0 Å². The zero-order valence-corrected chi connectivity index (χ0v) is 12.0. The summed E-state index contributed by atoms with van der Waals surface area (Å²) in [7, 11) is 0. The molecule has 2 unspecified atom stereocenters. The lowest BCUT2D eigenvalue weighted by Crippen LogP contribution is -2.09. The first-order chi connectivity index (χ1) is 10.6. The van der Waals surface area contributed by atoms with Gasteiger partial charge in [-0.15, -0.1) is 5.10 Å². The van der Waals surface area contributed by atoms with Crippen LogP contribution in [0.5, 0.6) is 0 Å². The minimum atomic E-state index is -1.22. The maximum atomic E-state index is 14.2. The van der Waals surface area contributed by atoms with E-state index in [0.29, 0.717) is 0 Å². The molecule has 5 nitrogen and oxygen atoms in total. The second-order valence-corrected chi connectivity index (χ2v) is 4.94. The van der Waals surface area contributed by atoms with Crippen LogP contribution in [0.2, 0.25) is 0 Å². The van der Waals surface area contributed by atoms with Gasteiger partial charge in [0.2, 0.25) is 0 Å². The Bertz CT molecular complexity index is 756. The highest BCUT2D eigenvalue weighted by Gasteiger charge is 2.36. The van der Waals surface area contributed by atoms with E-state index in [9.17, 15) is 8.78 Å². The van der Waals surface area contributed by atoms with Gasteiger partial charge in [-0.25, -0.2) is 18.1 Å². The summed E-state index contributed by atoms with van der Waals surface area (Å²) in [6.45, 7) is 5.57. The topological polar surface area (TPSA) is 48.5 Å². The standard InChI is InChI=1S/C15H15F2N5/c1-3-5-10(6-4-2)13-7-12(17)14-19-15(20-22(13)14)21-9-11(16)8-18-21/h3-6,8-9,12-13H,1,7H2,2H3/b6-4-,10-5+. The molecule has 0 saturated carbocycles. The van der Waals surface area contributed by atoms with Crippen LogP contribution in [0.1, 0.15) is 31.4 Å². The average molecular weight is 303 g/mol. The fourth-order valence-electron chi connectivity index (χ4n) is 2.56. The lowest BCUT2D eigenvalue weighted by Gasteiger charge is -2.12. The molecular weight excluding hydrogens is 288 g/mol. The van der Waals surface area contributed by atoms with Crippen LogP contribution in [0.15, 0.2) is 48.8 Å². The SMILES string of the molecule is C=C/C=C(\C=C/C)C1CC(F)c2nc(-n3cc(F)cn3)nn21. The Morgan fingerprint density at radius 2 is 2.32 bits per heavy atom. The second-order valence-electron chi connectivity index (χ2n) is 4.94. The predicted octanol–water partition coefficient (Wildman–Crippen LogP) is 3.25. The third-order valence-electron chi connectivity index (χ3n) is 3.46. The van der Waals surface area contributed by atoms with Gasteiger partial charge in [0.25, 0.3) is 5.95 Å². The lowest BCUT2D eigenvalue weighted by molar-refractivity contribution is 0.328. The van der Waals surface area contributed by atoms with Gasteiger partial charge in [0.05, 0.1) is 18.4 Å². The summed E-state index contributed by atoms with van der Waals surface area (Å²) in [5.41, 5.74) is 0.891. The van der Waals surface area contributed by atoms with Gasteiger partial charge in [-0.3, -0.25) is 0 Å². The number of rotatable bonds is 4. The Morgan fingerprint density at radius 1 is 1.50 bits per heavy atom. The van der Waals surface area contributed by atoms with E-state index in [1.807, 2.05) is 25.2 Å². The van der Waals surface area contributed by atoms with Crippen LogP contribution in [0.3, 0.4) is 0 Å². The van der Waals surface area contributed by atoms with Gasteiger partial charge >= 0.3 is 0 Å². The molecule has 0 radical (unpaired) electrons. The van der Waals surface area contributed by atoms with Gasteiger partial charge in [0, 0.05) is 6.42 Å². The summed E-state index contributed by atoms with van der Waals surface area (Å²) in [6, 6.07) is -0.263. The predicted molar refractivity (Wildman–Crippen MR) is 77.7 cm³/mol.